The predicted octanol–water partition coefficient (Wildman–Crippen LogP) is 0.526. The number of halogens is 3. The summed E-state index contributed by atoms with van der Waals surface area (Å²) < 4.78 is 35.2. The third-order valence-corrected chi connectivity index (χ3v) is 2.22. The molecule has 0 heterocycles. The average Bonchev–Trinajstić information content (AvgIpc) is 2.02. The van der Waals surface area contributed by atoms with Gasteiger partial charge in [0.15, 0.2) is 0 Å². The molecule has 0 aliphatic rings. The van der Waals surface area contributed by atoms with Crippen molar-refractivity contribution in [1.29, 1.82) is 0 Å². The minimum absolute atomic E-state index is 0.0799. The molecule has 7 heteroatoms. The van der Waals surface area contributed by atoms with Crippen LogP contribution in [-0.4, -0.2) is 59.2 Å². The average molecular weight is 233 g/mol. The minimum atomic E-state index is -4.20. The zero-order valence-electron chi connectivity index (χ0n) is 7.63. The lowest BCUT2D eigenvalue weighted by atomic mass is 10.5. The molecule has 14 heavy (non-hydrogen) atoms. The summed E-state index contributed by atoms with van der Waals surface area (Å²) in [7, 11) is 0. The summed E-state index contributed by atoms with van der Waals surface area (Å²) in [6.45, 7) is 0.566. The molecule has 2 N–H and O–H groups in total. The first-order chi connectivity index (χ1) is 6.49. The molecular weight excluding hydrogens is 219 g/mol. The molecule has 0 aromatic carbocycles. The van der Waals surface area contributed by atoms with Crippen LogP contribution in [0.3, 0.4) is 0 Å². The van der Waals surface area contributed by atoms with Gasteiger partial charge in [-0.3, -0.25) is 4.90 Å². The van der Waals surface area contributed by atoms with E-state index in [0.717, 1.165) is 0 Å². The largest absolute Gasteiger partial charge is 0.441 e. The summed E-state index contributed by atoms with van der Waals surface area (Å²) in [5.74, 6) is -0.0799. The molecule has 0 rings (SSSR count). The van der Waals surface area contributed by atoms with Crippen LogP contribution in [0.1, 0.15) is 0 Å². The number of nitrogens with zero attached hydrogens (tertiary/aromatic N) is 1. The Bertz CT molecular complexity index is 139. The zero-order chi connectivity index (χ0) is 11.0. The summed E-state index contributed by atoms with van der Waals surface area (Å²) in [5.41, 5.74) is -4.20. The van der Waals surface area contributed by atoms with Gasteiger partial charge in [-0.2, -0.15) is 13.2 Å². The van der Waals surface area contributed by atoms with E-state index >= 15 is 0 Å². The van der Waals surface area contributed by atoms with Gasteiger partial charge >= 0.3 is 5.51 Å². The van der Waals surface area contributed by atoms with E-state index in [0.29, 0.717) is 13.1 Å². The van der Waals surface area contributed by atoms with Gasteiger partial charge in [-0.25, -0.2) is 0 Å². The molecule has 86 valence electrons. The van der Waals surface area contributed by atoms with Crippen LogP contribution >= 0.6 is 11.8 Å². The van der Waals surface area contributed by atoms with Crippen LogP contribution in [0.4, 0.5) is 13.2 Å². The lowest BCUT2D eigenvalue weighted by Gasteiger charge is -2.19. The van der Waals surface area contributed by atoms with Crippen molar-refractivity contribution in [1.82, 2.24) is 4.90 Å². The molecule has 0 spiro atoms. The molecule has 0 fully saturated rings. The summed E-state index contributed by atoms with van der Waals surface area (Å²) in [6, 6.07) is 0. The second kappa shape index (κ2) is 7.33. The van der Waals surface area contributed by atoms with E-state index in [2.05, 4.69) is 0 Å². The molecule has 3 nitrogen and oxygen atoms in total. The van der Waals surface area contributed by atoms with Gasteiger partial charge in [0.25, 0.3) is 0 Å². The molecule has 0 bridgehead atoms. The van der Waals surface area contributed by atoms with E-state index in [1.54, 1.807) is 4.90 Å². The Morgan fingerprint density at radius 3 is 1.86 bits per heavy atom. The van der Waals surface area contributed by atoms with Gasteiger partial charge in [0.2, 0.25) is 0 Å². The highest BCUT2D eigenvalue weighted by molar-refractivity contribution is 8.00. The van der Waals surface area contributed by atoms with Crippen LogP contribution in [0.15, 0.2) is 0 Å². The molecule has 0 atom stereocenters. The Morgan fingerprint density at radius 2 is 1.50 bits per heavy atom. The van der Waals surface area contributed by atoms with E-state index in [1.165, 1.54) is 0 Å². The number of alkyl halides is 3. The fourth-order valence-corrected chi connectivity index (χ4v) is 1.49. The highest BCUT2D eigenvalue weighted by atomic mass is 32.2. The molecule has 0 aliphatic carbocycles. The van der Waals surface area contributed by atoms with Crippen LogP contribution in [0.2, 0.25) is 0 Å². The molecule has 0 aromatic heterocycles. The van der Waals surface area contributed by atoms with Crippen molar-refractivity contribution in [2.75, 3.05) is 38.6 Å². The summed E-state index contributed by atoms with van der Waals surface area (Å²) in [6.07, 6.45) is 0. The minimum Gasteiger partial charge on any atom is -0.395 e. The van der Waals surface area contributed by atoms with Crippen molar-refractivity contribution in [2.24, 2.45) is 0 Å². The van der Waals surface area contributed by atoms with Crippen molar-refractivity contribution < 1.29 is 23.4 Å². The third kappa shape index (κ3) is 8.61. The Labute approximate surface area is 84.9 Å². The molecule has 0 unspecified atom stereocenters. The number of hydrogen-bond donors (Lipinski definition) is 2. The van der Waals surface area contributed by atoms with Gasteiger partial charge < -0.3 is 10.2 Å². The Balaban J connectivity index is 3.60. The Kier molecular flexibility index (Phi) is 7.34. The zero-order valence-corrected chi connectivity index (χ0v) is 8.44. The summed E-state index contributed by atoms with van der Waals surface area (Å²) in [4.78, 5) is 1.58. The van der Waals surface area contributed by atoms with Gasteiger partial charge in [0.1, 0.15) is 0 Å². The van der Waals surface area contributed by atoms with Crippen molar-refractivity contribution in [3.63, 3.8) is 0 Å². The van der Waals surface area contributed by atoms with E-state index in [9.17, 15) is 13.2 Å². The first-order valence-electron chi connectivity index (χ1n) is 4.14. The lowest BCUT2D eigenvalue weighted by Crippen LogP contribution is -2.32. The van der Waals surface area contributed by atoms with Crippen LogP contribution in [-0.2, 0) is 0 Å². The molecule has 0 aromatic rings. The van der Waals surface area contributed by atoms with E-state index in [1.807, 2.05) is 0 Å². The van der Waals surface area contributed by atoms with Crippen LogP contribution in [0.25, 0.3) is 0 Å². The number of thioether (sulfide) groups is 1. The van der Waals surface area contributed by atoms with Crippen LogP contribution in [0, 0.1) is 0 Å². The third-order valence-electron chi connectivity index (χ3n) is 1.51. The van der Waals surface area contributed by atoms with E-state index in [4.69, 9.17) is 10.2 Å². The normalized spacial score (nSPS) is 12.4. The van der Waals surface area contributed by atoms with E-state index < -0.39 is 5.51 Å². The van der Waals surface area contributed by atoms with E-state index in [-0.39, 0.29) is 37.3 Å². The molecule has 0 saturated carbocycles. The molecular formula is C7H14F3NO2S. The first kappa shape index (κ1) is 14.0. The fourth-order valence-electron chi connectivity index (χ4n) is 0.909. The molecule has 0 amide bonds. The van der Waals surface area contributed by atoms with Crippen molar-refractivity contribution in [2.45, 2.75) is 5.51 Å². The molecule has 0 aliphatic heterocycles. The fraction of sp³-hybridized carbons (Fsp3) is 1.00. The second-order valence-corrected chi connectivity index (χ2v) is 3.74. The van der Waals surface area contributed by atoms with Gasteiger partial charge in [0.05, 0.1) is 13.2 Å². The van der Waals surface area contributed by atoms with Crippen molar-refractivity contribution in [3.8, 4) is 0 Å². The summed E-state index contributed by atoms with van der Waals surface area (Å²) in [5, 5.41) is 17.1. The highest BCUT2D eigenvalue weighted by Crippen LogP contribution is 2.29. The lowest BCUT2D eigenvalue weighted by molar-refractivity contribution is -0.0328. The Morgan fingerprint density at radius 1 is 1.00 bits per heavy atom. The van der Waals surface area contributed by atoms with Crippen LogP contribution < -0.4 is 0 Å². The smallest absolute Gasteiger partial charge is 0.395 e. The molecule has 0 saturated heterocycles. The van der Waals surface area contributed by atoms with Gasteiger partial charge in [-0.05, 0) is 11.8 Å². The number of hydrogen-bond acceptors (Lipinski definition) is 4. The standard InChI is InChI=1S/C7H14F3NO2S/c8-7(9,10)14-6-3-11(1-4-12)2-5-13/h12-13H,1-6H2. The number of aliphatic hydroxyl groups is 2. The second-order valence-electron chi connectivity index (χ2n) is 2.58. The SMILES string of the molecule is OCCN(CCO)CCSC(F)(F)F. The molecule has 0 radical (unpaired) electrons. The maximum atomic E-state index is 11.7. The van der Waals surface area contributed by atoms with Crippen molar-refractivity contribution >= 4 is 11.8 Å². The highest BCUT2D eigenvalue weighted by Gasteiger charge is 2.27. The maximum Gasteiger partial charge on any atom is 0.441 e. The van der Waals surface area contributed by atoms with Gasteiger partial charge in [0, 0.05) is 25.4 Å². The van der Waals surface area contributed by atoms with Gasteiger partial charge in [-0.1, -0.05) is 0 Å². The maximum absolute atomic E-state index is 11.7. The van der Waals surface area contributed by atoms with Crippen molar-refractivity contribution in [3.05, 3.63) is 0 Å². The Hall–Kier alpha value is 0.0200. The van der Waals surface area contributed by atoms with Gasteiger partial charge in [-0.15, -0.1) is 0 Å². The number of rotatable bonds is 7. The monoisotopic (exact) mass is 233 g/mol. The summed E-state index contributed by atoms with van der Waals surface area (Å²) >= 11 is -0.0913. The van der Waals surface area contributed by atoms with Crippen LogP contribution in [0.5, 0.6) is 0 Å². The number of aliphatic hydroxyl groups excluding tert-OH is 2. The topological polar surface area (TPSA) is 43.7 Å². The first-order valence-corrected chi connectivity index (χ1v) is 5.13. The quantitative estimate of drug-likeness (QED) is 0.673. The predicted molar refractivity (Wildman–Crippen MR) is 49.1 cm³/mol.